The van der Waals surface area contributed by atoms with Gasteiger partial charge in [-0.15, -0.1) is 0 Å². The lowest BCUT2D eigenvalue weighted by Crippen LogP contribution is -2.31. The quantitative estimate of drug-likeness (QED) is 0.379. The van der Waals surface area contributed by atoms with Crippen LogP contribution in [-0.2, 0) is 30.9 Å². The third kappa shape index (κ3) is 7.54. The maximum atomic E-state index is 12.5. The summed E-state index contributed by atoms with van der Waals surface area (Å²) in [4.78, 5) is 35.5. The Hall–Kier alpha value is -2.98. The Balaban J connectivity index is 1.90. The number of carbonyl (C=O) groups is 3. The SMILES string of the molecule is CC(=O)Nc1ccc(S(=O)(=O)NCC(=O)OCC(=O)c2cc(C)n(CCC(C)C)c2C)cc1. The predicted molar refractivity (Wildman–Crippen MR) is 125 cm³/mol. The molecule has 180 valence electrons. The van der Waals surface area contributed by atoms with Gasteiger partial charge in [0.25, 0.3) is 0 Å². The second-order valence-corrected chi connectivity index (χ2v) is 10.00. The molecule has 0 bridgehead atoms. The number of nitrogens with one attached hydrogen (secondary N) is 2. The molecule has 1 amide bonds. The summed E-state index contributed by atoms with van der Waals surface area (Å²) in [7, 11) is -3.97. The van der Waals surface area contributed by atoms with Crippen molar-refractivity contribution in [2.24, 2.45) is 5.92 Å². The summed E-state index contributed by atoms with van der Waals surface area (Å²) in [5.41, 5.74) is 2.71. The first kappa shape index (κ1) is 26.3. The molecular weight excluding hydrogens is 446 g/mol. The molecule has 1 aromatic carbocycles. The summed E-state index contributed by atoms with van der Waals surface area (Å²) in [6.07, 6.45) is 0.981. The molecule has 0 unspecified atom stereocenters. The normalized spacial score (nSPS) is 11.5. The lowest BCUT2D eigenvalue weighted by Gasteiger charge is -2.11. The van der Waals surface area contributed by atoms with Crippen molar-refractivity contribution in [1.29, 1.82) is 0 Å². The van der Waals surface area contributed by atoms with Crippen LogP contribution in [0, 0.1) is 19.8 Å². The first-order chi connectivity index (χ1) is 15.4. The summed E-state index contributed by atoms with van der Waals surface area (Å²) in [6.45, 7) is 9.10. The molecule has 0 spiro atoms. The molecule has 0 aliphatic heterocycles. The number of carbonyl (C=O) groups excluding carboxylic acids is 3. The van der Waals surface area contributed by atoms with Crippen molar-refractivity contribution < 1.29 is 27.5 Å². The van der Waals surface area contributed by atoms with Crippen LogP contribution in [0.1, 0.15) is 48.9 Å². The van der Waals surface area contributed by atoms with Crippen molar-refractivity contribution in [3.05, 3.63) is 47.3 Å². The van der Waals surface area contributed by atoms with Crippen LogP contribution in [0.2, 0.25) is 0 Å². The van der Waals surface area contributed by atoms with E-state index in [0.717, 1.165) is 24.4 Å². The molecule has 0 saturated carbocycles. The summed E-state index contributed by atoms with van der Waals surface area (Å²) >= 11 is 0. The number of Topliss-reactive ketones (excluding diaryl/α,β-unsaturated/α-hetero) is 1. The number of amides is 1. The first-order valence-corrected chi connectivity index (χ1v) is 12.1. The van der Waals surface area contributed by atoms with Crippen molar-refractivity contribution in [2.75, 3.05) is 18.5 Å². The number of rotatable bonds is 11. The fourth-order valence-corrected chi connectivity index (χ4v) is 4.22. The standard InChI is InChI=1S/C23H31N3O6S/c1-15(2)10-11-26-16(3)12-21(17(26)4)22(28)14-32-23(29)13-24-33(30,31)20-8-6-19(7-9-20)25-18(5)27/h6-9,12,15,24H,10-11,13-14H2,1-5H3,(H,25,27). The second kappa shape index (κ2) is 11.2. The minimum atomic E-state index is -3.97. The molecule has 1 aromatic heterocycles. The van der Waals surface area contributed by atoms with E-state index in [2.05, 4.69) is 28.5 Å². The molecule has 0 aliphatic rings. The third-order valence-electron chi connectivity index (χ3n) is 5.06. The van der Waals surface area contributed by atoms with Crippen molar-refractivity contribution in [3.8, 4) is 0 Å². The van der Waals surface area contributed by atoms with Crippen LogP contribution < -0.4 is 10.0 Å². The van der Waals surface area contributed by atoms with Gasteiger partial charge in [0.2, 0.25) is 21.7 Å². The molecule has 0 radical (unpaired) electrons. The molecule has 0 atom stereocenters. The van der Waals surface area contributed by atoms with E-state index in [9.17, 15) is 22.8 Å². The molecule has 0 aliphatic carbocycles. The Kier molecular flexibility index (Phi) is 8.95. The molecule has 33 heavy (non-hydrogen) atoms. The molecule has 2 rings (SSSR count). The Morgan fingerprint density at radius 1 is 1.09 bits per heavy atom. The minimum absolute atomic E-state index is 0.0747. The largest absolute Gasteiger partial charge is 0.456 e. The average Bonchev–Trinajstić information content (AvgIpc) is 3.02. The topological polar surface area (TPSA) is 124 Å². The number of aryl methyl sites for hydroxylation is 1. The summed E-state index contributed by atoms with van der Waals surface area (Å²) < 4.78 is 33.9. The molecule has 10 heteroatoms. The van der Waals surface area contributed by atoms with Crippen molar-refractivity contribution in [3.63, 3.8) is 0 Å². The highest BCUT2D eigenvalue weighted by Gasteiger charge is 2.19. The number of anilines is 1. The van der Waals surface area contributed by atoms with Gasteiger partial charge in [-0.1, -0.05) is 13.8 Å². The number of sulfonamides is 1. The van der Waals surface area contributed by atoms with E-state index in [0.29, 0.717) is 17.2 Å². The number of hydrogen-bond acceptors (Lipinski definition) is 6. The van der Waals surface area contributed by atoms with Gasteiger partial charge in [0.1, 0.15) is 6.54 Å². The van der Waals surface area contributed by atoms with E-state index < -0.39 is 29.1 Å². The van der Waals surface area contributed by atoms with E-state index >= 15 is 0 Å². The summed E-state index contributed by atoms with van der Waals surface area (Å²) in [5.74, 6) is -0.956. The van der Waals surface area contributed by atoms with Gasteiger partial charge in [-0.2, -0.15) is 4.72 Å². The number of benzene rings is 1. The van der Waals surface area contributed by atoms with Gasteiger partial charge < -0.3 is 14.6 Å². The van der Waals surface area contributed by atoms with Crippen LogP contribution in [0.4, 0.5) is 5.69 Å². The van der Waals surface area contributed by atoms with Gasteiger partial charge in [0, 0.05) is 36.1 Å². The third-order valence-corrected chi connectivity index (χ3v) is 6.48. The van der Waals surface area contributed by atoms with Crippen molar-refractivity contribution >= 4 is 33.4 Å². The molecule has 2 aromatic rings. The van der Waals surface area contributed by atoms with Gasteiger partial charge in [-0.3, -0.25) is 14.4 Å². The maximum absolute atomic E-state index is 12.5. The monoisotopic (exact) mass is 477 g/mol. The fraction of sp³-hybridized carbons (Fsp3) is 0.435. The number of aromatic nitrogens is 1. The minimum Gasteiger partial charge on any atom is -0.456 e. The van der Waals surface area contributed by atoms with Crippen LogP contribution >= 0.6 is 0 Å². The average molecular weight is 478 g/mol. The van der Waals surface area contributed by atoms with Crippen LogP contribution in [0.25, 0.3) is 0 Å². The Bertz CT molecular complexity index is 1120. The first-order valence-electron chi connectivity index (χ1n) is 10.6. The van der Waals surface area contributed by atoms with Gasteiger partial charge >= 0.3 is 5.97 Å². The number of nitrogens with zero attached hydrogens (tertiary/aromatic N) is 1. The van der Waals surface area contributed by atoms with E-state index in [1.54, 1.807) is 6.07 Å². The highest BCUT2D eigenvalue weighted by molar-refractivity contribution is 7.89. The van der Waals surface area contributed by atoms with Crippen LogP contribution in [0.15, 0.2) is 35.2 Å². The maximum Gasteiger partial charge on any atom is 0.321 e. The molecule has 9 nitrogen and oxygen atoms in total. The molecular formula is C23H31N3O6S. The Morgan fingerprint density at radius 3 is 2.30 bits per heavy atom. The van der Waals surface area contributed by atoms with Gasteiger partial charge in [-0.05, 0) is 56.5 Å². The van der Waals surface area contributed by atoms with Gasteiger partial charge in [-0.25, -0.2) is 8.42 Å². The molecule has 0 fully saturated rings. The van der Waals surface area contributed by atoms with Crippen molar-refractivity contribution in [2.45, 2.75) is 52.5 Å². The molecule has 0 saturated heterocycles. The zero-order valence-corrected chi connectivity index (χ0v) is 20.4. The smallest absolute Gasteiger partial charge is 0.321 e. The highest BCUT2D eigenvalue weighted by atomic mass is 32.2. The van der Waals surface area contributed by atoms with E-state index in [1.165, 1.54) is 31.2 Å². The lowest BCUT2D eigenvalue weighted by molar-refractivity contribution is -0.141. The highest BCUT2D eigenvalue weighted by Crippen LogP contribution is 2.18. The summed E-state index contributed by atoms with van der Waals surface area (Å²) in [6, 6.07) is 7.25. The van der Waals surface area contributed by atoms with Crippen molar-refractivity contribution in [1.82, 2.24) is 9.29 Å². The summed E-state index contributed by atoms with van der Waals surface area (Å²) in [5, 5.41) is 2.53. The molecule has 2 N–H and O–H groups in total. The van der Waals surface area contributed by atoms with Crippen LogP contribution in [-0.4, -0.2) is 43.8 Å². The zero-order valence-electron chi connectivity index (χ0n) is 19.6. The predicted octanol–water partition coefficient (Wildman–Crippen LogP) is 2.81. The number of ether oxygens (including phenoxy) is 1. The number of esters is 1. The lowest BCUT2D eigenvalue weighted by atomic mass is 10.1. The van der Waals surface area contributed by atoms with Crippen LogP contribution in [0.5, 0.6) is 0 Å². The van der Waals surface area contributed by atoms with Gasteiger partial charge in [0.15, 0.2) is 6.61 Å². The fourth-order valence-electron chi connectivity index (χ4n) is 3.25. The Labute approximate surface area is 194 Å². The number of ketones is 1. The zero-order chi connectivity index (χ0) is 24.8. The Morgan fingerprint density at radius 2 is 1.73 bits per heavy atom. The second-order valence-electron chi connectivity index (χ2n) is 8.23. The van der Waals surface area contributed by atoms with Gasteiger partial charge in [0.05, 0.1) is 4.90 Å². The van der Waals surface area contributed by atoms with E-state index in [-0.39, 0.29) is 16.6 Å². The van der Waals surface area contributed by atoms with Crippen LogP contribution in [0.3, 0.4) is 0 Å². The number of hydrogen-bond donors (Lipinski definition) is 2. The van der Waals surface area contributed by atoms with E-state index in [1.807, 2.05) is 13.8 Å². The van der Waals surface area contributed by atoms with E-state index in [4.69, 9.17) is 4.74 Å². The molecule has 1 heterocycles.